The van der Waals surface area contributed by atoms with Gasteiger partial charge in [-0.05, 0) is 55.7 Å². The van der Waals surface area contributed by atoms with Crippen LogP contribution in [-0.4, -0.2) is 12.4 Å². The Balaban J connectivity index is 1.99. The molecule has 0 amide bonds. The number of hydrogen-bond acceptors (Lipinski definition) is 1. The van der Waals surface area contributed by atoms with Crippen LogP contribution in [0, 0.1) is 5.41 Å². The van der Waals surface area contributed by atoms with Crippen molar-refractivity contribution in [1.82, 2.24) is 0 Å². The Morgan fingerprint density at radius 1 is 0.941 bits per heavy atom. The molecule has 0 radical (unpaired) electrons. The number of amidine groups is 1. The molecule has 0 spiro atoms. The molecule has 1 saturated heterocycles. The number of rotatable bonds is 1. The molecule has 2 nitrogen and oxygen atoms in total. The van der Waals surface area contributed by atoms with Gasteiger partial charge in [0.15, 0.2) is 0 Å². The second kappa shape index (κ2) is 4.52. The van der Waals surface area contributed by atoms with Crippen LogP contribution in [0.15, 0.2) is 18.2 Å². The summed E-state index contributed by atoms with van der Waals surface area (Å²) < 4.78 is 0. The van der Waals surface area contributed by atoms with Crippen molar-refractivity contribution in [3.63, 3.8) is 0 Å². The Kier molecular flexibility index (Phi) is 2.87. The zero-order valence-electron chi connectivity index (χ0n) is 10.3. The Morgan fingerprint density at radius 2 is 1.76 bits per heavy atom. The minimum Gasteiger partial charge on any atom is -0.330 e. The van der Waals surface area contributed by atoms with Crippen molar-refractivity contribution in [2.45, 2.75) is 44.9 Å². The van der Waals surface area contributed by atoms with Crippen molar-refractivity contribution >= 4 is 11.5 Å². The Morgan fingerprint density at radius 3 is 2.65 bits per heavy atom. The predicted molar refractivity (Wildman–Crippen MR) is 72.0 cm³/mol. The van der Waals surface area contributed by atoms with Crippen molar-refractivity contribution in [2.75, 3.05) is 11.4 Å². The summed E-state index contributed by atoms with van der Waals surface area (Å²) in [5.74, 6) is 0.815. The molecule has 1 aliphatic heterocycles. The number of hydrogen-bond donors (Lipinski definition) is 1. The molecule has 1 fully saturated rings. The second-order valence-corrected chi connectivity index (χ2v) is 5.18. The molecular formula is C15H20N2. The van der Waals surface area contributed by atoms with E-state index in [1.165, 1.54) is 55.3 Å². The summed E-state index contributed by atoms with van der Waals surface area (Å²) in [5, 5.41) is 8.13. The molecule has 0 atom stereocenters. The van der Waals surface area contributed by atoms with Crippen LogP contribution in [0.1, 0.15) is 43.2 Å². The van der Waals surface area contributed by atoms with Gasteiger partial charge in [0.2, 0.25) is 0 Å². The maximum atomic E-state index is 8.13. The first-order valence-corrected chi connectivity index (χ1v) is 6.82. The van der Waals surface area contributed by atoms with Crippen molar-refractivity contribution in [2.24, 2.45) is 0 Å². The molecule has 1 aromatic carbocycles. The lowest BCUT2D eigenvalue weighted by atomic mass is 9.89. The fourth-order valence-corrected chi connectivity index (χ4v) is 3.11. The molecule has 1 aromatic rings. The number of nitrogens with one attached hydrogen (secondary N) is 1. The summed E-state index contributed by atoms with van der Waals surface area (Å²) in [6.07, 6.45) is 8.43. The van der Waals surface area contributed by atoms with E-state index in [0.717, 1.165) is 18.8 Å². The molecule has 3 rings (SSSR count). The Hall–Kier alpha value is -1.31. The second-order valence-electron chi connectivity index (χ2n) is 5.18. The highest BCUT2D eigenvalue weighted by atomic mass is 15.2. The van der Waals surface area contributed by atoms with Crippen LogP contribution in [0.5, 0.6) is 0 Å². The summed E-state index contributed by atoms with van der Waals surface area (Å²) in [4.78, 5) is 2.24. The quantitative estimate of drug-likeness (QED) is 0.782. The number of aryl methyl sites for hydroxylation is 1. The van der Waals surface area contributed by atoms with E-state index < -0.39 is 0 Å². The Bertz CT molecular complexity index is 437. The van der Waals surface area contributed by atoms with Crippen LogP contribution in [0.4, 0.5) is 5.69 Å². The first-order valence-electron chi connectivity index (χ1n) is 6.82. The van der Waals surface area contributed by atoms with Crippen LogP contribution in [0.25, 0.3) is 0 Å². The minimum atomic E-state index is 0.815. The molecule has 1 N–H and O–H groups in total. The van der Waals surface area contributed by atoms with E-state index >= 15 is 0 Å². The average Bonchev–Trinajstić information content (AvgIpc) is 2.39. The van der Waals surface area contributed by atoms with Gasteiger partial charge >= 0.3 is 0 Å². The molecule has 1 heterocycles. The molecule has 0 unspecified atom stereocenters. The van der Waals surface area contributed by atoms with Gasteiger partial charge in [-0.3, -0.25) is 5.41 Å². The minimum absolute atomic E-state index is 0.815. The van der Waals surface area contributed by atoms with Crippen molar-refractivity contribution in [3.05, 3.63) is 29.3 Å². The van der Waals surface area contributed by atoms with Gasteiger partial charge in [-0.1, -0.05) is 12.1 Å². The third kappa shape index (κ3) is 1.97. The molecule has 17 heavy (non-hydrogen) atoms. The van der Waals surface area contributed by atoms with Crippen LogP contribution in [0.3, 0.4) is 0 Å². The monoisotopic (exact) mass is 228 g/mol. The first-order chi connectivity index (χ1) is 8.36. The van der Waals surface area contributed by atoms with Crippen LogP contribution < -0.4 is 4.90 Å². The molecular weight excluding hydrogens is 208 g/mol. The zero-order valence-corrected chi connectivity index (χ0v) is 10.3. The van der Waals surface area contributed by atoms with Gasteiger partial charge in [0.1, 0.15) is 5.84 Å². The van der Waals surface area contributed by atoms with Gasteiger partial charge in [0.25, 0.3) is 0 Å². The summed E-state index contributed by atoms with van der Waals surface area (Å²) in [7, 11) is 0. The maximum absolute atomic E-state index is 8.13. The van der Waals surface area contributed by atoms with Crippen LogP contribution in [-0.2, 0) is 12.8 Å². The predicted octanol–water partition coefficient (Wildman–Crippen LogP) is 3.53. The molecule has 2 heteroatoms. The zero-order chi connectivity index (χ0) is 11.7. The number of anilines is 1. The largest absolute Gasteiger partial charge is 0.330 e. The van der Waals surface area contributed by atoms with E-state index in [1.54, 1.807) is 0 Å². The molecule has 0 bridgehead atoms. The van der Waals surface area contributed by atoms with E-state index in [4.69, 9.17) is 5.41 Å². The number of nitrogens with zero attached hydrogens (tertiary/aromatic N) is 1. The highest BCUT2D eigenvalue weighted by Crippen LogP contribution is 2.32. The summed E-state index contributed by atoms with van der Waals surface area (Å²) in [6.45, 7) is 1.04. The lowest BCUT2D eigenvalue weighted by Gasteiger charge is -2.32. The number of benzene rings is 1. The van der Waals surface area contributed by atoms with Crippen molar-refractivity contribution in [3.8, 4) is 0 Å². The van der Waals surface area contributed by atoms with E-state index in [1.807, 2.05) is 0 Å². The maximum Gasteiger partial charge on any atom is 0.100 e. The topological polar surface area (TPSA) is 27.1 Å². The third-order valence-corrected chi connectivity index (χ3v) is 4.03. The van der Waals surface area contributed by atoms with E-state index in [0.29, 0.717) is 0 Å². The highest BCUT2D eigenvalue weighted by molar-refractivity contribution is 5.97. The van der Waals surface area contributed by atoms with Gasteiger partial charge in [0.05, 0.1) is 0 Å². The van der Waals surface area contributed by atoms with Gasteiger partial charge < -0.3 is 4.90 Å². The normalized spacial score (nSPS) is 20.2. The van der Waals surface area contributed by atoms with E-state index in [2.05, 4.69) is 23.1 Å². The molecule has 0 saturated carbocycles. The summed E-state index contributed by atoms with van der Waals surface area (Å²) in [6, 6.07) is 6.65. The van der Waals surface area contributed by atoms with Crippen LogP contribution in [0.2, 0.25) is 0 Å². The lowest BCUT2D eigenvalue weighted by Crippen LogP contribution is -2.35. The molecule has 90 valence electrons. The van der Waals surface area contributed by atoms with Crippen LogP contribution >= 0.6 is 0 Å². The smallest absolute Gasteiger partial charge is 0.100 e. The fraction of sp³-hybridized carbons (Fsp3) is 0.533. The van der Waals surface area contributed by atoms with E-state index in [9.17, 15) is 0 Å². The lowest BCUT2D eigenvalue weighted by molar-refractivity contribution is 0.673. The molecule has 0 aromatic heterocycles. The highest BCUT2D eigenvalue weighted by Gasteiger charge is 2.21. The fourth-order valence-electron chi connectivity index (χ4n) is 3.11. The van der Waals surface area contributed by atoms with E-state index in [-0.39, 0.29) is 0 Å². The number of fused-ring (bicyclic) bond motifs is 1. The third-order valence-electron chi connectivity index (χ3n) is 4.03. The summed E-state index contributed by atoms with van der Waals surface area (Å²) in [5.41, 5.74) is 4.37. The SMILES string of the molecule is N=C1CCCCN1c1cccc2c1CCCC2. The van der Waals surface area contributed by atoms with Crippen molar-refractivity contribution < 1.29 is 0 Å². The van der Waals surface area contributed by atoms with Gasteiger partial charge in [0, 0.05) is 18.7 Å². The van der Waals surface area contributed by atoms with Gasteiger partial charge in [-0.15, -0.1) is 0 Å². The van der Waals surface area contributed by atoms with Crippen molar-refractivity contribution in [1.29, 1.82) is 5.41 Å². The number of piperidine rings is 1. The Labute approximate surface area is 103 Å². The molecule has 1 aliphatic carbocycles. The average molecular weight is 228 g/mol. The standard InChI is InChI=1S/C15H20N2/c16-15-10-3-4-11-17(15)14-9-5-7-12-6-1-2-8-13(12)14/h5,7,9,16H,1-4,6,8,10-11H2. The summed E-state index contributed by atoms with van der Waals surface area (Å²) >= 11 is 0. The molecule has 2 aliphatic rings. The van der Waals surface area contributed by atoms with Gasteiger partial charge in [-0.2, -0.15) is 0 Å². The van der Waals surface area contributed by atoms with Gasteiger partial charge in [-0.25, -0.2) is 0 Å². The first kappa shape index (κ1) is 10.8.